The van der Waals surface area contributed by atoms with Gasteiger partial charge in [0, 0.05) is 155 Å². The molecule has 20 rings (SSSR count). The number of para-hydroxylation sites is 1. The van der Waals surface area contributed by atoms with Crippen LogP contribution in [0.5, 0.6) is 0 Å². The van der Waals surface area contributed by atoms with E-state index in [-0.39, 0.29) is 0 Å². The molecule has 4 aliphatic rings. The van der Waals surface area contributed by atoms with Crippen LogP contribution in [0.3, 0.4) is 0 Å². The van der Waals surface area contributed by atoms with Crippen molar-refractivity contribution in [3.63, 3.8) is 0 Å². The number of benzene rings is 1. The van der Waals surface area contributed by atoms with Gasteiger partial charge in [0.25, 0.3) is 0 Å². The standard InChI is InChI=1S/C20H17ClN4O2S.C20H19N5O2.C19H18N6O2.C18H17N5O2S/c21-14-3-1-4-15-17(14)24-19(28-15)13-11-12-5-6-16(23-18(12)27-20(13)26)25-9-2-7-22-8-10-25;1-13-4-7-25-12-16(22-18(25)10-13)15-11-14-2-3-17(23-19(14)27-20(15)26)24-8-5-21-6-9-24;26-18-14(15-12-25-9-2-6-21-19(25)22-15)11-13-3-4-16(23-17(13)27-18)24-8-1-5-20-7-10-24;24-17-13(14-11-23-8-9-26-18(23)20-14)10-12-2-3-15(21-16(12)25-17)22-6-1-4-19-5-7-22/h1,3-6,11,22H,2,7-10H2;2-4,7,10-12,21H,5-6,8-9H2,1H3;2-4,6,9,11-12,20H,1,5,7-8,10H2;2-3,8-11,19H,1,4-7H2. The second-order valence-electron chi connectivity index (χ2n) is 26.4. The van der Waals surface area contributed by atoms with Gasteiger partial charge in [-0.3, -0.25) is 8.80 Å². The van der Waals surface area contributed by atoms with E-state index in [0.717, 1.165) is 190 Å². The number of aromatic nitrogens is 12. The Balaban J connectivity index is 0.000000105. The van der Waals surface area contributed by atoms with Gasteiger partial charge in [0.2, 0.25) is 28.6 Å². The number of rotatable bonds is 8. The van der Waals surface area contributed by atoms with E-state index in [1.807, 2.05) is 143 Å². The monoisotopic (exact) mass is 1500 g/mol. The van der Waals surface area contributed by atoms with Crippen LogP contribution in [0.1, 0.15) is 24.8 Å². The van der Waals surface area contributed by atoms with E-state index in [9.17, 15) is 19.2 Å². The third kappa shape index (κ3) is 14.8. The topological polar surface area (TPSA) is 311 Å². The zero-order valence-electron chi connectivity index (χ0n) is 58.6. The van der Waals surface area contributed by atoms with E-state index >= 15 is 0 Å². The molecule has 4 saturated heterocycles. The molecule has 16 aromatic rings. The van der Waals surface area contributed by atoms with Crippen LogP contribution in [-0.4, -0.2) is 163 Å². The Hall–Kier alpha value is -11.6. The van der Waals surface area contributed by atoms with Crippen molar-refractivity contribution in [1.29, 1.82) is 0 Å². The number of aryl methyl sites for hydroxylation is 1. The molecular weight excluding hydrogens is 1430 g/mol. The largest absolute Gasteiger partial charge is 0.403 e. The van der Waals surface area contributed by atoms with Gasteiger partial charge in [0.05, 0.1) is 49.1 Å². The first-order valence-corrected chi connectivity index (χ1v) is 37.9. The molecule has 0 radical (unpaired) electrons. The van der Waals surface area contributed by atoms with E-state index in [2.05, 4.69) is 85.7 Å². The first-order chi connectivity index (χ1) is 52.9. The second kappa shape index (κ2) is 30.7. The highest BCUT2D eigenvalue weighted by Gasteiger charge is 2.23. The average molecular weight is 1500 g/mol. The normalized spacial score (nSPS) is 15.3. The lowest BCUT2D eigenvalue weighted by molar-refractivity contribution is 0.547. The number of hydrogen-bond donors (Lipinski definition) is 4. The molecule has 546 valence electrons. The van der Waals surface area contributed by atoms with Crippen molar-refractivity contribution in [2.75, 3.05) is 124 Å². The molecule has 0 spiro atoms. The fraction of sp³-hybridized carbons (Fsp3) is 0.260. The maximum Gasteiger partial charge on any atom is 0.347 e. The van der Waals surface area contributed by atoms with Gasteiger partial charge in [-0.05, 0) is 155 Å². The van der Waals surface area contributed by atoms with Gasteiger partial charge in [-0.2, -0.15) is 19.9 Å². The summed E-state index contributed by atoms with van der Waals surface area (Å²) in [5.74, 6) is 3.89. The molecule has 0 saturated carbocycles. The van der Waals surface area contributed by atoms with E-state index in [4.69, 9.17) is 29.3 Å². The Morgan fingerprint density at radius 3 is 1.38 bits per heavy atom. The molecule has 4 fully saturated rings. The maximum atomic E-state index is 12.6. The highest BCUT2D eigenvalue weighted by atomic mass is 35.5. The SMILES string of the molecule is Cc1ccn2cc(-c3cc4ccc(N5CCNCC5)nc4oc3=O)nc2c1.O=c1oc2nc(N3CCCNCC3)ccc2cc1-c1cn2cccnc2n1.O=c1oc2nc(N3CCCNCC3)ccc2cc1-c1cn2ccsc2n1.O=c1oc2nc(N3CCCNCC3)ccc2cc1-c1nc2c(Cl)cccc2s1. The third-order valence-electron chi connectivity index (χ3n) is 19.1. The first kappa shape index (κ1) is 69.4. The summed E-state index contributed by atoms with van der Waals surface area (Å²) < 4.78 is 28.7. The summed E-state index contributed by atoms with van der Waals surface area (Å²) in [6.45, 7) is 16.9. The lowest BCUT2D eigenvalue weighted by Gasteiger charge is -2.28. The molecule has 0 bridgehead atoms. The van der Waals surface area contributed by atoms with Crippen LogP contribution in [0, 0.1) is 6.92 Å². The molecule has 0 aliphatic carbocycles. The summed E-state index contributed by atoms with van der Waals surface area (Å²) in [6.07, 6.45) is 16.0. The van der Waals surface area contributed by atoms with E-state index in [1.54, 1.807) is 35.0 Å². The lowest BCUT2D eigenvalue weighted by atomic mass is 10.2. The average Bonchev–Trinajstić information content (AvgIpc) is 1.51. The van der Waals surface area contributed by atoms with E-state index < -0.39 is 22.5 Å². The number of piperazine rings is 1. The minimum Gasteiger partial charge on any atom is -0.403 e. The van der Waals surface area contributed by atoms with Crippen molar-refractivity contribution in [2.45, 2.75) is 26.2 Å². The molecule has 19 heterocycles. The van der Waals surface area contributed by atoms with E-state index in [1.165, 1.54) is 22.7 Å². The van der Waals surface area contributed by atoms with Gasteiger partial charge in [0.1, 0.15) is 39.4 Å². The second-order valence-corrected chi connectivity index (χ2v) is 28.7. The Labute approximate surface area is 627 Å². The van der Waals surface area contributed by atoms with Crippen LogP contribution < -0.4 is 63.4 Å². The number of halogens is 1. The molecule has 4 N–H and O–H groups in total. The predicted octanol–water partition coefficient (Wildman–Crippen LogP) is 10.2. The van der Waals surface area contributed by atoms with Gasteiger partial charge < -0.3 is 62.9 Å². The van der Waals surface area contributed by atoms with E-state index in [0.29, 0.717) is 83.5 Å². The smallest absolute Gasteiger partial charge is 0.347 e. The summed E-state index contributed by atoms with van der Waals surface area (Å²) in [5, 5.41) is 19.7. The van der Waals surface area contributed by atoms with Crippen LogP contribution in [0.15, 0.2) is 195 Å². The van der Waals surface area contributed by atoms with Crippen molar-refractivity contribution in [3.05, 3.63) is 210 Å². The Morgan fingerprint density at radius 2 is 0.880 bits per heavy atom. The van der Waals surface area contributed by atoms with Gasteiger partial charge >= 0.3 is 22.5 Å². The first-order valence-electron chi connectivity index (χ1n) is 35.8. The van der Waals surface area contributed by atoms with Gasteiger partial charge in [-0.1, -0.05) is 17.7 Å². The molecule has 108 heavy (non-hydrogen) atoms. The highest BCUT2D eigenvalue weighted by molar-refractivity contribution is 7.21. The Bertz CT molecular complexity index is 6190. The quantitative estimate of drug-likeness (QED) is 0.110. The predicted molar refractivity (Wildman–Crippen MR) is 422 cm³/mol. The van der Waals surface area contributed by atoms with Gasteiger partial charge in [-0.15, -0.1) is 22.7 Å². The molecule has 0 atom stereocenters. The van der Waals surface area contributed by atoms with Crippen LogP contribution in [0.2, 0.25) is 5.02 Å². The van der Waals surface area contributed by atoms with Crippen molar-refractivity contribution in [3.8, 4) is 44.3 Å². The molecule has 28 nitrogen and oxygen atoms in total. The van der Waals surface area contributed by atoms with Crippen molar-refractivity contribution < 1.29 is 17.7 Å². The third-order valence-corrected chi connectivity index (χ3v) is 21.3. The molecule has 0 amide bonds. The summed E-state index contributed by atoms with van der Waals surface area (Å²) in [4.78, 5) is 100. The fourth-order valence-electron chi connectivity index (χ4n) is 13.5. The summed E-state index contributed by atoms with van der Waals surface area (Å²) in [7, 11) is 0. The Kier molecular flexibility index (Phi) is 19.7. The number of nitrogens with one attached hydrogen (secondary N) is 4. The van der Waals surface area contributed by atoms with Crippen molar-refractivity contribution >= 4 is 129 Å². The number of nitrogens with zero attached hydrogens (tertiary/aromatic N) is 16. The molecule has 15 aromatic heterocycles. The summed E-state index contributed by atoms with van der Waals surface area (Å²) in [5.41, 5.74) is 5.82. The van der Waals surface area contributed by atoms with Gasteiger partial charge in [0.15, 0.2) is 4.96 Å². The Morgan fingerprint density at radius 1 is 0.426 bits per heavy atom. The van der Waals surface area contributed by atoms with Crippen LogP contribution in [-0.2, 0) is 0 Å². The maximum absolute atomic E-state index is 12.6. The van der Waals surface area contributed by atoms with Crippen molar-refractivity contribution in [1.82, 2.24) is 79.3 Å². The number of fused-ring (bicyclic) bond motifs is 8. The zero-order chi connectivity index (χ0) is 73.2. The minimum absolute atomic E-state index is 0.348. The summed E-state index contributed by atoms with van der Waals surface area (Å²) >= 11 is 9.17. The lowest BCUT2D eigenvalue weighted by Crippen LogP contribution is -2.43. The number of anilines is 4. The van der Waals surface area contributed by atoms with Crippen molar-refractivity contribution in [2.24, 2.45) is 0 Å². The number of hydrogen-bond acceptors (Lipinski definition) is 27. The molecule has 4 aliphatic heterocycles. The number of imidazole rings is 3. The molecule has 0 unspecified atom stereocenters. The van der Waals surface area contributed by atoms with Crippen LogP contribution in [0.4, 0.5) is 23.3 Å². The minimum atomic E-state index is -0.451. The number of pyridine rings is 5. The summed E-state index contributed by atoms with van der Waals surface area (Å²) in [6, 6.07) is 34.3. The molecule has 31 heteroatoms. The highest BCUT2D eigenvalue weighted by Crippen LogP contribution is 2.34. The zero-order valence-corrected chi connectivity index (χ0v) is 61.0. The molecular formula is C77H71ClN20O8S2. The number of thiazole rings is 2. The van der Waals surface area contributed by atoms with Crippen LogP contribution in [0.25, 0.3) is 115 Å². The van der Waals surface area contributed by atoms with Gasteiger partial charge in [-0.25, -0.2) is 44.1 Å². The van der Waals surface area contributed by atoms with Crippen LogP contribution >= 0.6 is 34.3 Å². The molecule has 1 aromatic carbocycles. The fourth-order valence-corrected chi connectivity index (χ4v) is 15.5.